The Morgan fingerprint density at radius 2 is 1.54 bits per heavy atom. The van der Waals surface area contributed by atoms with Crippen molar-refractivity contribution in [1.29, 1.82) is 0 Å². The fourth-order valence-electron chi connectivity index (χ4n) is 3.40. The summed E-state index contributed by atoms with van der Waals surface area (Å²) in [5.74, 6) is -0.404. The van der Waals surface area contributed by atoms with Crippen molar-refractivity contribution in [3.8, 4) is 11.1 Å². The summed E-state index contributed by atoms with van der Waals surface area (Å²) in [6.45, 7) is 4.08. The summed E-state index contributed by atoms with van der Waals surface area (Å²) < 4.78 is 48.7. The molecule has 0 saturated carbocycles. The molecule has 6 nitrogen and oxygen atoms in total. The normalized spacial score (nSPS) is 11.6. The van der Waals surface area contributed by atoms with E-state index in [4.69, 9.17) is 9.47 Å². The molecule has 0 radical (unpaired) electrons. The first-order chi connectivity index (χ1) is 17.6. The summed E-state index contributed by atoms with van der Waals surface area (Å²) >= 11 is 0. The van der Waals surface area contributed by atoms with Gasteiger partial charge in [-0.1, -0.05) is 36.4 Å². The smallest absolute Gasteiger partial charge is 0.416 e. The van der Waals surface area contributed by atoms with Crippen molar-refractivity contribution in [2.24, 2.45) is 0 Å². The highest BCUT2D eigenvalue weighted by molar-refractivity contribution is 6.01. The number of rotatable bonds is 8. The monoisotopic (exact) mass is 512 g/mol. The average Bonchev–Trinajstić information content (AvgIpc) is 2.88. The molecule has 0 atom stereocenters. The Labute approximate surface area is 213 Å². The Hall–Kier alpha value is -4.27. The summed E-state index contributed by atoms with van der Waals surface area (Å²) in [4.78, 5) is 26.1. The molecule has 0 bridgehead atoms. The Bertz CT molecular complexity index is 1250. The lowest BCUT2D eigenvalue weighted by Gasteiger charge is -2.19. The van der Waals surface area contributed by atoms with Gasteiger partial charge in [-0.2, -0.15) is 13.2 Å². The van der Waals surface area contributed by atoms with Crippen LogP contribution in [0.3, 0.4) is 0 Å². The van der Waals surface area contributed by atoms with Crippen molar-refractivity contribution < 1.29 is 32.2 Å². The number of amides is 2. The van der Waals surface area contributed by atoms with Crippen LogP contribution in [0.1, 0.15) is 25.0 Å². The van der Waals surface area contributed by atoms with E-state index in [2.05, 4.69) is 5.32 Å². The Balaban J connectivity index is 1.73. The van der Waals surface area contributed by atoms with Crippen LogP contribution < -0.4 is 10.2 Å². The number of halogens is 3. The number of carbonyl (C=O) groups is 2. The van der Waals surface area contributed by atoms with E-state index in [1.807, 2.05) is 36.4 Å². The van der Waals surface area contributed by atoms with Crippen molar-refractivity contribution >= 4 is 29.5 Å². The molecule has 3 rings (SSSR count). The first kappa shape index (κ1) is 27.3. The quantitative estimate of drug-likeness (QED) is 0.201. The van der Waals surface area contributed by atoms with Crippen molar-refractivity contribution in [2.45, 2.75) is 20.0 Å². The minimum absolute atomic E-state index is 0.125. The van der Waals surface area contributed by atoms with E-state index in [1.165, 1.54) is 17.0 Å². The molecule has 0 unspecified atom stereocenters. The highest BCUT2D eigenvalue weighted by atomic mass is 19.4. The number of benzene rings is 3. The number of carbonyl (C=O) groups excluding carboxylic acids is 2. The van der Waals surface area contributed by atoms with Gasteiger partial charge in [-0.25, -0.2) is 9.59 Å². The van der Waals surface area contributed by atoms with Gasteiger partial charge in [0.05, 0.1) is 18.8 Å². The lowest BCUT2D eigenvalue weighted by atomic mass is 10.0. The van der Waals surface area contributed by atoms with Crippen LogP contribution in [-0.2, 0) is 20.4 Å². The predicted molar refractivity (Wildman–Crippen MR) is 137 cm³/mol. The van der Waals surface area contributed by atoms with Gasteiger partial charge in [-0.05, 0) is 73.0 Å². The van der Waals surface area contributed by atoms with Crippen LogP contribution >= 0.6 is 0 Å². The molecule has 0 heterocycles. The predicted octanol–water partition coefficient (Wildman–Crippen LogP) is 6.98. The standard InChI is InChI=1S/C28H27F3N2O4/c1-4-36-25(26(34)37-5-2)17-19-9-11-20(12-10-19)21-7-6-8-24(18-21)33(3)27(35)32-23-15-13-22(14-16-23)28(29,30)31/h6-18H,4-5H2,1-3H3,(H,32,35)/b25-17-. The van der Waals surface area contributed by atoms with Gasteiger partial charge in [0.15, 0.2) is 0 Å². The van der Waals surface area contributed by atoms with Crippen LogP contribution in [0, 0.1) is 0 Å². The molecule has 37 heavy (non-hydrogen) atoms. The minimum Gasteiger partial charge on any atom is -0.487 e. The number of urea groups is 1. The molecular formula is C28H27F3N2O4. The average molecular weight is 513 g/mol. The molecule has 0 aliphatic carbocycles. The van der Waals surface area contributed by atoms with Gasteiger partial charge >= 0.3 is 18.2 Å². The number of nitrogens with zero attached hydrogens (tertiary/aromatic N) is 1. The summed E-state index contributed by atoms with van der Waals surface area (Å²) in [6, 6.07) is 18.4. The van der Waals surface area contributed by atoms with E-state index in [0.29, 0.717) is 12.3 Å². The van der Waals surface area contributed by atoms with Crippen molar-refractivity contribution in [1.82, 2.24) is 0 Å². The third-order valence-corrected chi connectivity index (χ3v) is 5.32. The molecule has 3 aromatic carbocycles. The van der Waals surface area contributed by atoms with E-state index in [0.717, 1.165) is 28.8 Å². The van der Waals surface area contributed by atoms with Gasteiger partial charge in [0.25, 0.3) is 0 Å². The van der Waals surface area contributed by atoms with Crippen LogP contribution in [0.4, 0.5) is 29.3 Å². The number of hydrogen-bond donors (Lipinski definition) is 1. The summed E-state index contributed by atoms with van der Waals surface area (Å²) in [6.07, 6.45) is -2.83. The maximum atomic E-state index is 12.8. The van der Waals surface area contributed by atoms with Crippen LogP contribution in [0.25, 0.3) is 17.2 Å². The Kier molecular flexibility index (Phi) is 8.95. The summed E-state index contributed by atoms with van der Waals surface area (Å²) in [7, 11) is 1.57. The largest absolute Gasteiger partial charge is 0.487 e. The third kappa shape index (κ3) is 7.36. The molecule has 0 fully saturated rings. The number of anilines is 2. The molecule has 2 amide bonds. The zero-order valence-corrected chi connectivity index (χ0v) is 20.6. The highest BCUT2D eigenvalue weighted by Crippen LogP contribution is 2.30. The molecule has 0 aromatic heterocycles. The van der Waals surface area contributed by atoms with Crippen LogP contribution in [0.5, 0.6) is 0 Å². The molecule has 0 aliphatic rings. The first-order valence-corrected chi connectivity index (χ1v) is 11.6. The van der Waals surface area contributed by atoms with Gasteiger partial charge in [-0.15, -0.1) is 0 Å². The van der Waals surface area contributed by atoms with Crippen molar-refractivity contribution in [3.63, 3.8) is 0 Å². The number of esters is 1. The fraction of sp³-hybridized carbons (Fsp3) is 0.214. The molecule has 0 saturated heterocycles. The van der Waals surface area contributed by atoms with E-state index in [1.54, 1.807) is 39.1 Å². The molecule has 0 spiro atoms. The molecule has 9 heteroatoms. The van der Waals surface area contributed by atoms with Crippen LogP contribution in [0.15, 0.2) is 78.6 Å². The van der Waals surface area contributed by atoms with Gasteiger partial charge in [0.1, 0.15) is 0 Å². The number of hydrogen-bond acceptors (Lipinski definition) is 4. The third-order valence-electron chi connectivity index (χ3n) is 5.32. The van der Waals surface area contributed by atoms with Gasteiger partial charge < -0.3 is 14.8 Å². The van der Waals surface area contributed by atoms with Crippen molar-refractivity contribution in [3.05, 3.63) is 89.7 Å². The van der Waals surface area contributed by atoms with Crippen molar-refractivity contribution in [2.75, 3.05) is 30.5 Å². The van der Waals surface area contributed by atoms with E-state index in [-0.39, 0.29) is 18.1 Å². The van der Waals surface area contributed by atoms with E-state index >= 15 is 0 Å². The zero-order valence-electron chi connectivity index (χ0n) is 20.6. The molecule has 1 N–H and O–H groups in total. The maximum absolute atomic E-state index is 12.8. The maximum Gasteiger partial charge on any atom is 0.416 e. The summed E-state index contributed by atoms with van der Waals surface area (Å²) in [5.41, 5.74) is 2.53. The summed E-state index contributed by atoms with van der Waals surface area (Å²) in [5, 5.41) is 2.60. The zero-order chi connectivity index (χ0) is 27.0. The second-order valence-corrected chi connectivity index (χ2v) is 7.90. The van der Waals surface area contributed by atoms with Gasteiger partial charge in [-0.3, -0.25) is 4.90 Å². The second kappa shape index (κ2) is 12.1. The SMILES string of the molecule is CCOC(=O)/C(=C/c1ccc(-c2cccc(N(C)C(=O)Nc3ccc(C(F)(F)F)cc3)c2)cc1)OCC. The number of ether oxygens (including phenoxy) is 2. The lowest BCUT2D eigenvalue weighted by Crippen LogP contribution is -2.31. The highest BCUT2D eigenvalue weighted by Gasteiger charge is 2.30. The van der Waals surface area contributed by atoms with E-state index < -0.39 is 23.7 Å². The topological polar surface area (TPSA) is 67.9 Å². The second-order valence-electron chi connectivity index (χ2n) is 7.90. The Morgan fingerprint density at radius 1 is 0.892 bits per heavy atom. The lowest BCUT2D eigenvalue weighted by molar-refractivity contribution is -0.142. The number of alkyl halides is 3. The van der Waals surface area contributed by atoms with Crippen LogP contribution in [-0.4, -0.2) is 32.3 Å². The molecule has 194 valence electrons. The fourth-order valence-corrected chi connectivity index (χ4v) is 3.40. The molecular weight excluding hydrogens is 485 g/mol. The molecule has 0 aliphatic heterocycles. The van der Waals surface area contributed by atoms with Gasteiger partial charge in [0.2, 0.25) is 5.76 Å². The number of nitrogens with one attached hydrogen (secondary N) is 1. The first-order valence-electron chi connectivity index (χ1n) is 11.6. The van der Waals surface area contributed by atoms with E-state index in [9.17, 15) is 22.8 Å². The minimum atomic E-state index is -4.44. The van der Waals surface area contributed by atoms with Gasteiger partial charge in [0, 0.05) is 18.4 Å². The Morgan fingerprint density at radius 3 is 2.14 bits per heavy atom. The van der Waals surface area contributed by atoms with Crippen LogP contribution in [0.2, 0.25) is 0 Å². The molecule has 3 aromatic rings.